The van der Waals surface area contributed by atoms with Gasteiger partial charge in [0, 0.05) is 5.92 Å². The zero-order chi connectivity index (χ0) is 5.84. The van der Waals surface area contributed by atoms with E-state index in [4.69, 9.17) is 0 Å². The summed E-state index contributed by atoms with van der Waals surface area (Å²) in [6.07, 6.45) is 7.55. The maximum absolute atomic E-state index is 1.92. The zero-order valence-electron chi connectivity index (χ0n) is 5.69. The van der Waals surface area contributed by atoms with E-state index in [9.17, 15) is 0 Å². The van der Waals surface area contributed by atoms with Crippen LogP contribution in [0.1, 0.15) is 32.1 Å². The van der Waals surface area contributed by atoms with Crippen molar-refractivity contribution in [3.05, 3.63) is 11.1 Å². The summed E-state index contributed by atoms with van der Waals surface area (Å²) in [6.45, 7) is 0. The number of rotatable bonds is 0. The molecule has 0 aromatic heterocycles. The Morgan fingerprint density at radius 1 is 1.11 bits per heavy atom. The Hall–Kier alpha value is -0.260. The molecule has 1 saturated carbocycles. The van der Waals surface area contributed by atoms with E-state index in [0.29, 0.717) is 0 Å². The molecule has 0 spiro atoms. The molecule has 0 heterocycles. The number of hydrogen-bond donors (Lipinski definition) is 0. The van der Waals surface area contributed by atoms with E-state index in [-0.39, 0.29) is 0 Å². The summed E-state index contributed by atoms with van der Waals surface area (Å²) >= 11 is 0. The Morgan fingerprint density at radius 2 is 2.11 bits per heavy atom. The molecule has 0 N–H and O–H groups in total. The second-order valence-electron chi connectivity index (χ2n) is 3.70. The standard InChI is InChI=1S/C9H12/c1-2-6-4-5-8-7(3-1)9(6)8/h6,8H,1-5H2. The van der Waals surface area contributed by atoms with E-state index in [1.54, 1.807) is 0 Å². The van der Waals surface area contributed by atoms with Gasteiger partial charge in [-0.25, -0.2) is 0 Å². The third-order valence-electron chi connectivity index (χ3n) is 3.33. The summed E-state index contributed by atoms with van der Waals surface area (Å²) in [5.74, 6) is 2.15. The molecule has 3 rings (SSSR count). The van der Waals surface area contributed by atoms with Crippen molar-refractivity contribution < 1.29 is 0 Å². The van der Waals surface area contributed by atoms with Gasteiger partial charge < -0.3 is 0 Å². The van der Waals surface area contributed by atoms with Crippen molar-refractivity contribution in [1.29, 1.82) is 0 Å². The van der Waals surface area contributed by atoms with E-state index in [2.05, 4.69) is 0 Å². The minimum Gasteiger partial charge on any atom is -0.0629 e. The first kappa shape index (κ1) is 4.54. The maximum atomic E-state index is 1.92. The molecule has 0 radical (unpaired) electrons. The van der Waals surface area contributed by atoms with Crippen molar-refractivity contribution in [3.8, 4) is 0 Å². The lowest BCUT2D eigenvalue weighted by molar-refractivity contribution is 0.510. The molecule has 0 bridgehead atoms. The predicted octanol–water partition coefficient (Wildman–Crippen LogP) is 2.51. The van der Waals surface area contributed by atoms with E-state index < -0.39 is 0 Å². The fourth-order valence-corrected chi connectivity index (χ4v) is 2.90. The molecule has 0 heteroatoms. The first-order chi connectivity index (χ1) is 4.47. The lowest BCUT2D eigenvalue weighted by Crippen LogP contribution is -1.97. The summed E-state index contributed by atoms with van der Waals surface area (Å²) in [6, 6.07) is 0. The quantitative estimate of drug-likeness (QED) is 0.431. The van der Waals surface area contributed by atoms with Crippen molar-refractivity contribution in [3.63, 3.8) is 0 Å². The molecular weight excluding hydrogens is 108 g/mol. The van der Waals surface area contributed by atoms with Gasteiger partial charge in [0.2, 0.25) is 0 Å². The van der Waals surface area contributed by atoms with Crippen LogP contribution < -0.4 is 0 Å². The highest BCUT2D eigenvalue weighted by Crippen LogP contribution is 2.60. The van der Waals surface area contributed by atoms with Crippen LogP contribution >= 0.6 is 0 Å². The SMILES string of the molecule is C1CC2=C3C(C1)CCC23. The first-order valence-corrected chi connectivity index (χ1v) is 4.19. The second kappa shape index (κ2) is 1.25. The lowest BCUT2D eigenvalue weighted by Gasteiger charge is -2.12. The highest BCUT2D eigenvalue weighted by atomic mass is 14.5. The van der Waals surface area contributed by atoms with Crippen molar-refractivity contribution in [2.24, 2.45) is 11.8 Å². The summed E-state index contributed by atoms with van der Waals surface area (Å²) in [5.41, 5.74) is 3.80. The molecule has 0 amide bonds. The van der Waals surface area contributed by atoms with Crippen LogP contribution in [-0.2, 0) is 0 Å². The lowest BCUT2D eigenvalue weighted by atomic mass is 9.93. The van der Waals surface area contributed by atoms with Gasteiger partial charge in [-0.15, -0.1) is 0 Å². The molecule has 9 heavy (non-hydrogen) atoms. The topological polar surface area (TPSA) is 0 Å². The van der Waals surface area contributed by atoms with Gasteiger partial charge in [0.1, 0.15) is 0 Å². The molecule has 2 unspecified atom stereocenters. The normalized spacial score (nSPS) is 45.3. The molecule has 0 aromatic rings. The van der Waals surface area contributed by atoms with E-state index in [1.165, 1.54) is 32.1 Å². The van der Waals surface area contributed by atoms with Crippen LogP contribution in [0, 0.1) is 11.8 Å². The van der Waals surface area contributed by atoms with Crippen molar-refractivity contribution >= 4 is 0 Å². The molecule has 0 aromatic carbocycles. The Balaban J connectivity index is 2.03. The van der Waals surface area contributed by atoms with Crippen LogP contribution in [0.15, 0.2) is 11.1 Å². The largest absolute Gasteiger partial charge is 0.0629 e. The highest BCUT2D eigenvalue weighted by molar-refractivity contribution is 5.47. The minimum atomic E-state index is 1.07. The first-order valence-electron chi connectivity index (χ1n) is 4.19. The van der Waals surface area contributed by atoms with Crippen LogP contribution in [0.3, 0.4) is 0 Å². The molecule has 3 aliphatic rings. The smallest absolute Gasteiger partial charge is 0.00158 e. The third kappa shape index (κ3) is 0.417. The van der Waals surface area contributed by atoms with Crippen LogP contribution in [0.5, 0.6) is 0 Å². The number of fused-ring (bicyclic) bond motifs is 1. The average molecular weight is 120 g/mol. The van der Waals surface area contributed by atoms with Gasteiger partial charge in [0.05, 0.1) is 0 Å². The van der Waals surface area contributed by atoms with Crippen LogP contribution in [-0.4, -0.2) is 0 Å². The summed E-state index contributed by atoms with van der Waals surface area (Å²) in [7, 11) is 0. The molecule has 0 aliphatic heterocycles. The van der Waals surface area contributed by atoms with Gasteiger partial charge in [-0.2, -0.15) is 0 Å². The molecule has 0 nitrogen and oxygen atoms in total. The predicted molar refractivity (Wildman–Crippen MR) is 37.1 cm³/mol. The van der Waals surface area contributed by atoms with Gasteiger partial charge in [-0.3, -0.25) is 0 Å². The summed E-state index contributed by atoms with van der Waals surface area (Å²) in [4.78, 5) is 0. The number of allylic oxidation sites excluding steroid dienone is 2. The van der Waals surface area contributed by atoms with Crippen molar-refractivity contribution in [2.75, 3.05) is 0 Å². The molecule has 0 saturated heterocycles. The second-order valence-corrected chi connectivity index (χ2v) is 3.70. The molecule has 1 fully saturated rings. The fourth-order valence-electron chi connectivity index (χ4n) is 2.90. The van der Waals surface area contributed by atoms with Gasteiger partial charge in [0.15, 0.2) is 0 Å². The third-order valence-corrected chi connectivity index (χ3v) is 3.33. The van der Waals surface area contributed by atoms with Gasteiger partial charge in [-0.1, -0.05) is 11.1 Å². The Kier molecular flexibility index (Phi) is 0.633. The Bertz CT molecular complexity index is 188. The van der Waals surface area contributed by atoms with Crippen LogP contribution in [0.4, 0.5) is 0 Å². The summed E-state index contributed by atoms with van der Waals surface area (Å²) < 4.78 is 0. The highest BCUT2D eigenvalue weighted by Gasteiger charge is 2.47. The molecular formula is C9H12. The molecule has 3 aliphatic carbocycles. The van der Waals surface area contributed by atoms with Crippen LogP contribution in [0.25, 0.3) is 0 Å². The Morgan fingerprint density at radius 3 is 2.89 bits per heavy atom. The number of hydrogen-bond acceptors (Lipinski definition) is 0. The monoisotopic (exact) mass is 120 g/mol. The average Bonchev–Trinajstić information content (AvgIpc) is 2.35. The van der Waals surface area contributed by atoms with Gasteiger partial charge in [-0.05, 0) is 38.0 Å². The van der Waals surface area contributed by atoms with E-state index in [0.717, 1.165) is 11.8 Å². The molecule has 48 valence electrons. The van der Waals surface area contributed by atoms with Gasteiger partial charge in [0.25, 0.3) is 0 Å². The fraction of sp³-hybridized carbons (Fsp3) is 0.778. The minimum absolute atomic E-state index is 1.07. The van der Waals surface area contributed by atoms with Crippen LogP contribution in [0.2, 0.25) is 0 Å². The zero-order valence-corrected chi connectivity index (χ0v) is 5.69. The Labute approximate surface area is 56.0 Å². The summed E-state index contributed by atoms with van der Waals surface area (Å²) in [5, 5.41) is 0. The molecule has 2 atom stereocenters. The van der Waals surface area contributed by atoms with Crippen molar-refractivity contribution in [2.45, 2.75) is 32.1 Å². The van der Waals surface area contributed by atoms with Crippen molar-refractivity contribution in [1.82, 2.24) is 0 Å². The van der Waals surface area contributed by atoms with E-state index in [1.807, 2.05) is 11.1 Å². The maximum Gasteiger partial charge on any atom is 0.00158 e. The van der Waals surface area contributed by atoms with E-state index >= 15 is 0 Å². The van der Waals surface area contributed by atoms with Gasteiger partial charge >= 0.3 is 0 Å².